The number of amides is 2. The van der Waals surface area contributed by atoms with Gasteiger partial charge in [0.15, 0.2) is 13.2 Å². The predicted molar refractivity (Wildman–Crippen MR) is 121 cm³/mol. The minimum Gasteiger partial charge on any atom is -0.484 e. The number of nitrogens with one attached hydrogen (secondary N) is 1. The van der Waals surface area contributed by atoms with E-state index in [1.54, 1.807) is 4.90 Å². The Bertz CT molecular complexity index is 899. The Morgan fingerprint density at radius 2 is 1.55 bits per heavy atom. The maximum atomic E-state index is 12.4. The number of carbonyl (C=O) groups is 2. The van der Waals surface area contributed by atoms with Gasteiger partial charge in [0.2, 0.25) is 0 Å². The summed E-state index contributed by atoms with van der Waals surface area (Å²) in [5.74, 6) is 1.11. The molecule has 2 amide bonds. The summed E-state index contributed by atoms with van der Waals surface area (Å²) in [7, 11) is 0. The summed E-state index contributed by atoms with van der Waals surface area (Å²) in [5.41, 5.74) is 2.98. The minimum atomic E-state index is -0.169. The second kappa shape index (κ2) is 10.5. The average Bonchev–Trinajstić information content (AvgIpc) is 2.76. The minimum absolute atomic E-state index is 0.0217. The van der Waals surface area contributed by atoms with Crippen LogP contribution in [0.1, 0.15) is 29.5 Å². The van der Waals surface area contributed by atoms with Crippen molar-refractivity contribution in [2.24, 2.45) is 0 Å². The smallest absolute Gasteiger partial charge is 0.260 e. The molecule has 6 nitrogen and oxygen atoms in total. The summed E-state index contributed by atoms with van der Waals surface area (Å²) in [6.07, 6.45) is 1.42. The Hall–Kier alpha value is -2.73. The van der Waals surface area contributed by atoms with Crippen LogP contribution in [-0.2, 0) is 9.59 Å². The molecule has 1 aliphatic rings. The molecule has 1 heterocycles. The molecule has 0 atom stereocenters. The van der Waals surface area contributed by atoms with E-state index in [2.05, 4.69) is 5.32 Å². The third kappa shape index (κ3) is 6.62. The molecule has 1 N–H and O–H groups in total. The SMILES string of the molecule is Cc1ccc(OCC(=O)N2CCC(NC(=O)COc3cc(C)c(Cl)c(C)c3)CC2)cc1. The number of likely N-dealkylation sites (tertiary alicyclic amines) is 1. The summed E-state index contributed by atoms with van der Waals surface area (Å²) < 4.78 is 11.2. The van der Waals surface area contributed by atoms with Gasteiger partial charge < -0.3 is 19.7 Å². The van der Waals surface area contributed by atoms with Crippen LogP contribution >= 0.6 is 11.6 Å². The molecule has 3 rings (SSSR count). The van der Waals surface area contributed by atoms with Crippen molar-refractivity contribution >= 4 is 23.4 Å². The van der Waals surface area contributed by atoms with Crippen LogP contribution in [0.5, 0.6) is 11.5 Å². The highest BCUT2D eigenvalue weighted by molar-refractivity contribution is 6.32. The van der Waals surface area contributed by atoms with E-state index in [1.165, 1.54) is 0 Å². The first-order valence-electron chi connectivity index (χ1n) is 10.5. The van der Waals surface area contributed by atoms with Crippen LogP contribution in [0.4, 0.5) is 0 Å². The van der Waals surface area contributed by atoms with E-state index in [-0.39, 0.29) is 31.1 Å². The lowest BCUT2D eigenvalue weighted by atomic mass is 10.1. The van der Waals surface area contributed by atoms with Crippen LogP contribution in [0.2, 0.25) is 5.02 Å². The van der Waals surface area contributed by atoms with Gasteiger partial charge in [-0.25, -0.2) is 0 Å². The van der Waals surface area contributed by atoms with Gasteiger partial charge in [-0.3, -0.25) is 9.59 Å². The molecule has 1 aliphatic heterocycles. The molecule has 0 spiro atoms. The van der Waals surface area contributed by atoms with E-state index in [0.29, 0.717) is 42.5 Å². The lowest BCUT2D eigenvalue weighted by molar-refractivity contribution is -0.134. The van der Waals surface area contributed by atoms with Crippen molar-refractivity contribution in [3.63, 3.8) is 0 Å². The number of halogens is 1. The highest BCUT2D eigenvalue weighted by atomic mass is 35.5. The molecule has 31 heavy (non-hydrogen) atoms. The number of rotatable bonds is 7. The Morgan fingerprint density at radius 1 is 0.968 bits per heavy atom. The van der Waals surface area contributed by atoms with Crippen molar-refractivity contribution in [1.82, 2.24) is 10.2 Å². The summed E-state index contributed by atoms with van der Waals surface area (Å²) in [6.45, 7) is 6.97. The summed E-state index contributed by atoms with van der Waals surface area (Å²) in [4.78, 5) is 26.4. The van der Waals surface area contributed by atoms with Crippen LogP contribution in [0.15, 0.2) is 36.4 Å². The summed E-state index contributed by atoms with van der Waals surface area (Å²) in [6, 6.07) is 11.3. The topological polar surface area (TPSA) is 67.9 Å². The van der Waals surface area contributed by atoms with Gasteiger partial charge >= 0.3 is 0 Å². The van der Waals surface area contributed by atoms with Crippen molar-refractivity contribution < 1.29 is 19.1 Å². The maximum Gasteiger partial charge on any atom is 0.260 e. The largest absolute Gasteiger partial charge is 0.484 e. The lowest BCUT2D eigenvalue weighted by Gasteiger charge is -2.32. The fraction of sp³-hybridized carbons (Fsp3) is 0.417. The molecule has 7 heteroatoms. The first-order chi connectivity index (χ1) is 14.8. The Labute approximate surface area is 188 Å². The fourth-order valence-corrected chi connectivity index (χ4v) is 3.66. The molecule has 1 saturated heterocycles. The Morgan fingerprint density at radius 3 is 2.16 bits per heavy atom. The molecule has 0 aromatic heterocycles. The predicted octanol–water partition coefficient (Wildman–Crippen LogP) is 3.83. The zero-order valence-electron chi connectivity index (χ0n) is 18.2. The molecule has 0 bridgehead atoms. The molecule has 166 valence electrons. The van der Waals surface area contributed by atoms with Crippen molar-refractivity contribution in [2.75, 3.05) is 26.3 Å². The van der Waals surface area contributed by atoms with Gasteiger partial charge in [-0.2, -0.15) is 0 Å². The number of nitrogens with zero attached hydrogens (tertiary/aromatic N) is 1. The number of piperidine rings is 1. The van der Waals surface area contributed by atoms with E-state index in [4.69, 9.17) is 21.1 Å². The number of hydrogen-bond acceptors (Lipinski definition) is 4. The Kier molecular flexibility index (Phi) is 7.80. The molecule has 0 saturated carbocycles. The maximum absolute atomic E-state index is 12.4. The zero-order valence-corrected chi connectivity index (χ0v) is 19.0. The van der Waals surface area contributed by atoms with Gasteiger partial charge in [0, 0.05) is 24.2 Å². The molecule has 2 aromatic rings. The average molecular weight is 445 g/mol. The number of carbonyl (C=O) groups excluding carboxylic acids is 2. The standard InChI is InChI=1S/C24H29ClN2O4/c1-16-4-6-20(7-5-16)31-15-23(29)27-10-8-19(9-11-27)26-22(28)14-30-21-12-17(2)24(25)18(3)13-21/h4-7,12-13,19H,8-11,14-15H2,1-3H3,(H,26,28). The fourth-order valence-electron chi connectivity index (χ4n) is 3.55. The van der Waals surface area contributed by atoms with Gasteiger partial charge in [-0.15, -0.1) is 0 Å². The van der Waals surface area contributed by atoms with E-state index in [1.807, 2.05) is 57.2 Å². The number of ether oxygens (including phenoxy) is 2. The van der Waals surface area contributed by atoms with Crippen molar-refractivity contribution in [3.8, 4) is 11.5 Å². The highest BCUT2D eigenvalue weighted by Crippen LogP contribution is 2.25. The monoisotopic (exact) mass is 444 g/mol. The molecular weight excluding hydrogens is 416 g/mol. The van der Waals surface area contributed by atoms with E-state index in [0.717, 1.165) is 16.7 Å². The third-order valence-electron chi connectivity index (χ3n) is 5.38. The lowest BCUT2D eigenvalue weighted by Crippen LogP contribution is -2.48. The number of aryl methyl sites for hydroxylation is 3. The molecule has 2 aromatic carbocycles. The second-order valence-corrected chi connectivity index (χ2v) is 8.36. The van der Waals surface area contributed by atoms with Crippen LogP contribution in [0.25, 0.3) is 0 Å². The number of benzene rings is 2. The molecular formula is C24H29ClN2O4. The number of hydrogen-bond donors (Lipinski definition) is 1. The van der Waals surface area contributed by atoms with Gasteiger partial charge in [-0.05, 0) is 69.0 Å². The summed E-state index contributed by atoms with van der Waals surface area (Å²) in [5, 5.41) is 3.70. The van der Waals surface area contributed by atoms with Crippen molar-refractivity contribution in [2.45, 2.75) is 39.7 Å². The summed E-state index contributed by atoms with van der Waals surface area (Å²) >= 11 is 6.16. The highest BCUT2D eigenvalue weighted by Gasteiger charge is 2.24. The second-order valence-electron chi connectivity index (χ2n) is 7.98. The van der Waals surface area contributed by atoms with Crippen molar-refractivity contribution in [1.29, 1.82) is 0 Å². The normalized spacial score (nSPS) is 14.3. The van der Waals surface area contributed by atoms with E-state index < -0.39 is 0 Å². The van der Waals surface area contributed by atoms with Gasteiger partial charge in [0.25, 0.3) is 11.8 Å². The third-order valence-corrected chi connectivity index (χ3v) is 5.97. The van der Waals surface area contributed by atoms with Crippen LogP contribution in [0.3, 0.4) is 0 Å². The first-order valence-corrected chi connectivity index (χ1v) is 10.9. The van der Waals surface area contributed by atoms with Gasteiger partial charge in [-0.1, -0.05) is 29.3 Å². The molecule has 0 unspecified atom stereocenters. The first kappa shape index (κ1) is 22.9. The molecule has 0 radical (unpaired) electrons. The van der Waals surface area contributed by atoms with Crippen LogP contribution in [-0.4, -0.2) is 49.1 Å². The van der Waals surface area contributed by atoms with Crippen molar-refractivity contribution in [3.05, 3.63) is 58.1 Å². The van der Waals surface area contributed by atoms with Gasteiger partial charge in [0.05, 0.1) is 0 Å². The van der Waals surface area contributed by atoms with Crippen LogP contribution < -0.4 is 14.8 Å². The van der Waals surface area contributed by atoms with E-state index in [9.17, 15) is 9.59 Å². The van der Waals surface area contributed by atoms with E-state index >= 15 is 0 Å². The molecule has 0 aliphatic carbocycles. The quantitative estimate of drug-likeness (QED) is 0.704. The zero-order chi connectivity index (χ0) is 22.4. The van der Waals surface area contributed by atoms with Crippen LogP contribution in [0, 0.1) is 20.8 Å². The Balaban J connectivity index is 1.37. The molecule has 1 fully saturated rings. The van der Waals surface area contributed by atoms with Gasteiger partial charge in [0.1, 0.15) is 11.5 Å².